The first-order chi connectivity index (χ1) is 6.10. The van der Waals surface area contributed by atoms with Gasteiger partial charge in [-0.05, 0) is 0 Å². The molecular formula is C8H13NO4. The van der Waals surface area contributed by atoms with Crippen LogP contribution in [-0.4, -0.2) is 24.9 Å². The van der Waals surface area contributed by atoms with E-state index in [-0.39, 0.29) is 17.8 Å². The zero-order chi connectivity index (χ0) is 10.3. The van der Waals surface area contributed by atoms with Gasteiger partial charge < -0.3 is 4.74 Å². The van der Waals surface area contributed by atoms with Gasteiger partial charge in [0.05, 0.1) is 7.11 Å². The molecule has 1 aliphatic heterocycles. The molecule has 1 heterocycles. The van der Waals surface area contributed by atoms with Gasteiger partial charge in [-0.1, -0.05) is 6.92 Å². The molecule has 0 saturated carbocycles. The smallest absolute Gasteiger partial charge is 0.305 e. The number of esters is 1. The standard InChI is InChI=1S/C4H5NO2.C4H8O2/c6-3-1-2-4(7)5-3;1-3-4(5)6-2/h1-2H2,(H,5,6,7);3H2,1-2H3. The van der Waals surface area contributed by atoms with Crippen molar-refractivity contribution in [3.63, 3.8) is 0 Å². The Morgan fingerprint density at radius 1 is 1.38 bits per heavy atom. The second kappa shape index (κ2) is 6.16. The predicted octanol–water partition coefficient (Wildman–Crippen LogP) is -0.00760. The molecule has 13 heavy (non-hydrogen) atoms. The Morgan fingerprint density at radius 3 is 1.92 bits per heavy atom. The third-order valence-electron chi connectivity index (χ3n) is 1.37. The third kappa shape index (κ3) is 5.84. The van der Waals surface area contributed by atoms with E-state index in [1.54, 1.807) is 6.92 Å². The SMILES string of the molecule is CCC(=O)OC.O=C1CCC(=O)N1. The molecule has 1 N–H and O–H groups in total. The van der Waals surface area contributed by atoms with Crippen molar-refractivity contribution in [3.05, 3.63) is 0 Å². The van der Waals surface area contributed by atoms with Gasteiger partial charge in [0, 0.05) is 19.3 Å². The highest BCUT2D eigenvalue weighted by atomic mass is 16.5. The summed E-state index contributed by atoms with van der Waals surface area (Å²) in [7, 11) is 1.38. The van der Waals surface area contributed by atoms with Crippen LogP contribution in [0.15, 0.2) is 0 Å². The van der Waals surface area contributed by atoms with Gasteiger partial charge in [-0.25, -0.2) is 0 Å². The highest BCUT2D eigenvalue weighted by Crippen LogP contribution is 1.95. The summed E-state index contributed by atoms with van der Waals surface area (Å²) < 4.78 is 4.26. The zero-order valence-corrected chi connectivity index (χ0v) is 7.75. The highest BCUT2D eigenvalue weighted by molar-refractivity contribution is 6.01. The third-order valence-corrected chi connectivity index (χ3v) is 1.37. The van der Waals surface area contributed by atoms with Gasteiger partial charge in [0.25, 0.3) is 0 Å². The van der Waals surface area contributed by atoms with Crippen LogP contribution >= 0.6 is 0 Å². The van der Waals surface area contributed by atoms with Gasteiger partial charge in [-0.15, -0.1) is 0 Å². The van der Waals surface area contributed by atoms with Gasteiger partial charge in [-0.3, -0.25) is 19.7 Å². The average Bonchev–Trinajstić information content (AvgIpc) is 2.49. The van der Waals surface area contributed by atoms with E-state index in [2.05, 4.69) is 10.1 Å². The zero-order valence-electron chi connectivity index (χ0n) is 7.75. The summed E-state index contributed by atoms with van der Waals surface area (Å²) in [6.07, 6.45) is 1.22. The summed E-state index contributed by atoms with van der Waals surface area (Å²) >= 11 is 0. The molecule has 0 unspecified atom stereocenters. The second-order valence-corrected chi connectivity index (χ2v) is 2.40. The maximum absolute atomic E-state index is 10.1. The Kier molecular flexibility index (Phi) is 5.50. The largest absolute Gasteiger partial charge is 0.469 e. The topological polar surface area (TPSA) is 72.5 Å². The fraction of sp³-hybridized carbons (Fsp3) is 0.625. The van der Waals surface area contributed by atoms with Crippen molar-refractivity contribution in [1.82, 2.24) is 5.32 Å². The molecule has 1 rings (SSSR count). The highest BCUT2D eigenvalue weighted by Gasteiger charge is 2.15. The van der Waals surface area contributed by atoms with E-state index < -0.39 is 0 Å². The Labute approximate surface area is 76.4 Å². The number of carbonyl (C=O) groups is 3. The Morgan fingerprint density at radius 2 is 1.85 bits per heavy atom. The summed E-state index contributed by atoms with van der Waals surface area (Å²) in [4.78, 5) is 30.2. The number of carbonyl (C=O) groups excluding carboxylic acids is 3. The number of amides is 2. The van der Waals surface area contributed by atoms with E-state index in [1.807, 2.05) is 0 Å². The molecule has 0 aromatic rings. The lowest BCUT2D eigenvalue weighted by Gasteiger charge is -1.87. The van der Waals surface area contributed by atoms with Gasteiger partial charge in [-0.2, -0.15) is 0 Å². The van der Waals surface area contributed by atoms with Crippen molar-refractivity contribution in [2.45, 2.75) is 26.2 Å². The lowest BCUT2D eigenvalue weighted by atomic mass is 10.4. The maximum Gasteiger partial charge on any atom is 0.305 e. The molecule has 5 heteroatoms. The Hall–Kier alpha value is -1.39. The first kappa shape index (κ1) is 11.6. The summed E-state index contributed by atoms with van der Waals surface area (Å²) in [5.41, 5.74) is 0. The normalized spacial score (nSPS) is 14.3. The van der Waals surface area contributed by atoms with Crippen LogP contribution in [0.4, 0.5) is 0 Å². The van der Waals surface area contributed by atoms with Crippen LogP contribution in [0, 0.1) is 0 Å². The molecule has 1 fully saturated rings. The van der Waals surface area contributed by atoms with E-state index >= 15 is 0 Å². The molecule has 0 aromatic heterocycles. The molecule has 5 nitrogen and oxygen atoms in total. The van der Waals surface area contributed by atoms with E-state index in [0.29, 0.717) is 19.3 Å². The summed E-state index contributed by atoms with van der Waals surface area (Å²) in [6, 6.07) is 0. The van der Waals surface area contributed by atoms with Crippen LogP contribution in [-0.2, 0) is 19.1 Å². The molecule has 0 aromatic carbocycles. The molecule has 74 valence electrons. The van der Waals surface area contributed by atoms with Gasteiger partial charge in [0.2, 0.25) is 11.8 Å². The van der Waals surface area contributed by atoms with Crippen molar-refractivity contribution in [2.24, 2.45) is 0 Å². The van der Waals surface area contributed by atoms with E-state index in [1.165, 1.54) is 7.11 Å². The molecule has 0 atom stereocenters. The molecule has 0 bridgehead atoms. The van der Waals surface area contributed by atoms with Crippen LogP contribution in [0.2, 0.25) is 0 Å². The minimum atomic E-state index is -0.157. The minimum Gasteiger partial charge on any atom is -0.469 e. The van der Waals surface area contributed by atoms with E-state index in [0.717, 1.165) is 0 Å². The molecule has 0 radical (unpaired) electrons. The van der Waals surface area contributed by atoms with Crippen molar-refractivity contribution in [3.8, 4) is 0 Å². The Bertz CT molecular complexity index is 192. The Balaban J connectivity index is 0.000000226. The first-order valence-corrected chi connectivity index (χ1v) is 3.99. The van der Waals surface area contributed by atoms with Crippen molar-refractivity contribution in [2.75, 3.05) is 7.11 Å². The summed E-state index contributed by atoms with van der Waals surface area (Å²) in [5, 5.41) is 2.14. The van der Waals surface area contributed by atoms with Gasteiger partial charge in [0.1, 0.15) is 0 Å². The van der Waals surface area contributed by atoms with Gasteiger partial charge in [0.15, 0.2) is 0 Å². The monoisotopic (exact) mass is 187 g/mol. The van der Waals surface area contributed by atoms with E-state index in [4.69, 9.17) is 0 Å². The summed E-state index contributed by atoms with van der Waals surface area (Å²) in [6.45, 7) is 1.76. The summed E-state index contributed by atoms with van der Waals surface area (Å²) in [5.74, 6) is -0.454. The van der Waals surface area contributed by atoms with Crippen molar-refractivity contribution < 1.29 is 19.1 Å². The quantitative estimate of drug-likeness (QED) is 0.463. The predicted molar refractivity (Wildman–Crippen MR) is 44.7 cm³/mol. The van der Waals surface area contributed by atoms with E-state index in [9.17, 15) is 14.4 Å². The number of hydrogen-bond donors (Lipinski definition) is 1. The lowest BCUT2D eigenvalue weighted by Crippen LogP contribution is -2.18. The van der Waals surface area contributed by atoms with Crippen molar-refractivity contribution in [1.29, 1.82) is 0 Å². The molecular weight excluding hydrogens is 174 g/mol. The number of nitrogens with one attached hydrogen (secondary N) is 1. The van der Waals surface area contributed by atoms with Crippen LogP contribution < -0.4 is 5.32 Å². The number of hydrogen-bond acceptors (Lipinski definition) is 4. The number of ether oxygens (including phenoxy) is 1. The van der Waals surface area contributed by atoms with Crippen LogP contribution in [0.25, 0.3) is 0 Å². The number of methoxy groups -OCH3 is 1. The fourth-order valence-corrected chi connectivity index (χ4v) is 0.652. The fourth-order valence-electron chi connectivity index (χ4n) is 0.652. The van der Waals surface area contributed by atoms with Crippen LogP contribution in [0.3, 0.4) is 0 Å². The van der Waals surface area contributed by atoms with Gasteiger partial charge >= 0.3 is 5.97 Å². The number of imide groups is 1. The molecule has 1 saturated heterocycles. The average molecular weight is 187 g/mol. The molecule has 2 amide bonds. The van der Waals surface area contributed by atoms with Crippen LogP contribution in [0.5, 0.6) is 0 Å². The molecule has 0 aliphatic carbocycles. The molecule has 1 aliphatic rings. The van der Waals surface area contributed by atoms with Crippen LogP contribution in [0.1, 0.15) is 26.2 Å². The molecule has 0 spiro atoms. The first-order valence-electron chi connectivity index (χ1n) is 3.99. The second-order valence-electron chi connectivity index (χ2n) is 2.40. The maximum atomic E-state index is 10.1. The minimum absolute atomic E-state index is 0.148. The van der Waals surface area contributed by atoms with Crippen molar-refractivity contribution >= 4 is 17.8 Å². The lowest BCUT2D eigenvalue weighted by molar-refractivity contribution is -0.140. The number of rotatable bonds is 1.